The molecule has 0 aliphatic carbocycles. The van der Waals surface area contributed by atoms with Crippen molar-refractivity contribution in [3.05, 3.63) is 35.6 Å². The van der Waals surface area contributed by atoms with Gasteiger partial charge in [0.1, 0.15) is 5.82 Å². The zero-order chi connectivity index (χ0) is 17.7. The molecular weight excluding hydrogens is 335 g/mol. The van der Waals surface area contributed by atoms with Crippen molar-refractivity contribution in [3.8, 4) is 0 Å². The lowest BCUT2D eigenvalue weighted by atomic mass is 10.2. The Morgan fingerprint density at radius 1 is 1.29 bits per heavy atom. The standard InChI is InChI=1S/C16H21FN2O4S/c1-12(20)19(15-7-9-24(22,23)11-15)8-6-16(21)18-10-13-2-4-14(17)5-3-13/h2-5,15H,6-11H2,1H3,(H,18,21). The Balaban J connectivity index is 1.82. The molecule has 2 amide bonds. The number of carbonyl (C=O) groups is 2. The number of benzene rings is 1. The van der Waals surface area contributed by atoms with Crippen LogP contribution >= 0.6 is 0 Å². The Morgan fingerprint density at radius 3 is 2.50 bits per heavy atom. The molecule has 1 aromatic carbocycles. The number of nitrogens with one attached hydrogen (secondary N) is 1. The van der Waals surface area contributed by atoms with E-state index >= 15 is 0 Å². The van der Waals surface area contributed by atoms with Crippen LogP contribution in [0.5, 0.6) is 0 Å². The predicted octanol–water partition coefficient (Wildman–Crippen LogP) is 0.868. The van der Waals surface area contributed by atoms with Crippen LogP contribution in [-0.4, -0.2) is 49.2 Å². The summed E-state index contributed by atoms with van der Waals surface area (Å²) in [5.41, 5.74) is 0.773. The summed E-state index contributed by atoms with van der Waals surface area (Å²) in [6.07, 6.45) is 0.510. The summed E-state index contributed by atoms with van der Waals surface area (Å²) in [5.74, 6) is -0.773. The molecule has 0 bridgehead atoms. The van der Waals surface area contributed by atoms with E-state index in [-0.39, 0.29) is 54.7 Å². The van der Waals surface area contributed by atoms with Crippen LogP contribution < -0.4 is 5.32 Å². The highest BCUT2D eigenvalue weighted by atomic mass is 32.2. The van der Waals surface area contributed by atoms with Gasteiger partial charge in [-0.1, -0.05) is 12.1 Å². The molecule has 1 aliphatic rings. The van der Waals surface area contributed by atoms with Gasteiger partial charge in [-0.3, -0.25) is 9.59 Å². The highest BCUT2D eigenvalue weighted by Crippen LogP contribution is 2.18. The Bertz CT molecular complexity index is 703. The van der Waals surface area contributed by atoms with E-state index in [2.05, 4.69) is 5.32 Å². The minimum atomic E-state index is -3.09. The molecule has 1 atom stereocenters. The van der Waals surface area contributed by atoms with Gasteiger partial charge in [-0.15, -0.1) is 0 Å². The van der Waals surface area contributed by atoms with E-state index in [1.807, 2.05) is 0 Å². The molecule has 1 heterocycles. The number of rotatable bonds is 6. The Kier molecular flexibility index (Phi) is 5.93. The van der Waals surface area contributed by atoms with Crippen molar-refractivity contribution in [1.82, 2.24) is 10.2 Å². The number of sulfone groups is 1. The van der Waals surface area contributed by atoms with E-state index in [1.165, 1.54) is 24.0 Å². The number of halogens is 1. The summed E-state index contributed by atoms with van der Waals surface area (Å²) in [5, 5.41) is 2.70. The quantitative estimate of drug-likeness (QED) is 0.820. The molecule has 0 spiro atoms. The van der Waals surface area contributed by atoms with Crippen LogP contribution in [0.15, 0.2) is 24.3 Å². The van der Waals surface area contributed by atoms with Gasteiger partial charge in [-0.2, -0.15) is 0 Å². The summed E-state index contributed by atoms with van der Waals surface area (Å²) in [4.78, 5) is 25.1. The fraction of sp³-hybridized carbons (Fsp3) is 0.500. The third-order valence-electron chi connectivity index (χ3n) is 4.04. The van der Waals surface area contributed by atoms with Gasteiger partial charge < -0.3 is 10.2 Å². The molecule has 0 saturated carbocycles. The molecule has 0 radical (unpaired) electrons. The van der Waals surface area contributed by atoms with Gasteiger partial charge in [-0.05, 0) is 24.1 Å². The van der Waals surface area contributed by atoms with Crippen LogP contribution in [0, 0.1) is 5.82 Å². The first kappa shape index (κ1) is 18.4. The molecule has 1 N–H and O–H groups in total. The molecule has 1 aromatic rings. The van der Waals surface area contributed by atoms with Crippen molar-refractivity contribution < 1.29 is 22.4 Å². The molecule has 2 rings (SSSR count). The minimum absolute atomic E-state index is 0.0379. The Morgan fingerprint density at radius 2 is 1.96 bits per heavy atom. The number of nitrogens with zero attached hydrogens (tertiary/aromatic N) is 1. The van der Waals surface area contributed by atoms with Crippen molar-refractivity contribution in [2.45, 2.75) is 32.4 Å². The lowest BCUT2D eigenvalue weighted by Gasteiger charge is -2.26. The topological polar surface area (TPSA) is 83.6 Å². The second-order valence-electron chi connectivity index (χ2n) is 5.92. The average molecular weight is 356 g/mol. The normalized spacial score (nSPS) is 19.0. The molecule has 24 heavy (non-hydrogen) atoms. The van der Waals surface area contributed by atoms with Crippen molar-refractivity contribution in [3.63, 3.8) is 0 Å². The highest BCUT2D eigenvalue weighted by Gasteiger charge is 2.33. The average Bonchev–Trinajstić information content (AvgIpc) is 2.86. The third-order valence-corrected chi connectivity index (χ3v) is 5.79. The van der Waals surface area contributed by atoms with Gasteiger partial charge >= 0.3 is 0 Å². The third kappa shape index (κ3) is 5.30. The maximum atomic E-state index is 12.8. The molecule has 6 nitrogen and oxygen atoms in total. The molecule has 1 unspecified atom stereocenters. The lowest BCUT2D eigenvalue weighted by molar-refractivity contribution is -0.131. The molecular formula is C16H21FN2O4S. The lowest BCUT2D eigenvalue weighted by Crippen LogP contribution is -2.42. The smallest absolute Gasteiger partial charge is 0.222 e. The number of carbonyl (C=O) groups excluding carboxylic acids is 2. The van der Waals surface area contributed by atoms with E-state index in [9.17, 15) is 22.4 Å². The van der Waals surface area contributed by atoms with Crippen molar-refractivity contribution in [1.29, 1.82) is 0 Å². The number of hydrogen-bond acceptors (Lipinski definition) is 4. The summed E-state index contributed by atoms with van der Waals surface area (Å²) in [6.45, 7) is 1.84. The zero-order valence-corrected chi connectivity index (χ0v) is 14.3. The molecule has 1 saturated heterocycles. The van der Waals surface area contributed by atoms with Gasteiger partial charge in [0, 0.05) is 32.5 Å². The summed E-state index contributed by atoms with van der Waals surface area (Å²) >= 11 is 0. The molecule has 1 fully saturated rings. The van der Waals surface area contributed by atoms with Crippen molar-refractivity contribution >= 4 is 21.7 Å². The highest BCUT2D eigenvalue weighted by molar-refractivity contribution is 7.91. The van der Waals surface area contributed by atoms with Crippen molar-refractivity contribution in [2.24, 2.45) is 0 Å². The van der Waals surface area contributed by atoms with E-state index < -0.39 is 9.84 Å². The molecule has 1 aliphatic heterocycles. The second-order valence-corrected chi connectivity index (χ2v) is 8.15. The van der Waals surface area contributed by atoms with Gasteiger partial charge in [-0.25, -0.2) is 12.8 Å². The minimum Gasteiger partial charge on any atom is -0.352 e. The second kappa shape index (κ2) is 7.74. The van der Waals surface area contributed by atoms with E-state index in [4.69, 9.17) is 0 Å². The molecule has 132 valence electrons. The first-order valence-corrected chi connectivity index (χ1v) is 9.58. The van der Waals surface area contributed by atoms with E-state index in [0.29, 0.717) is 6.42 Å². The SMILES string of the molecule is CC(=O)N(CCC(=O)NCc1ccc(F)cc1)C1CCS(=O)(=O)C1. The van der Waals surface area contributed by atoms with E-state index in [0.717, 1.165) is 5.56 Å². The van der Waals surface area contributed by atoms with Gasteiger partial charge in [0.2, 0.25) is 11.8 Å². The maximum absolute atomic E-state index is 12.8. The Hall–Kier alpha value is -1.96. The van der Waals surface area contributed by atoms with Crippen LogP contribution in [0.1, 0.15) is 25.3 Å². The fourth-order valence-electron chi connectivity index (χ4n) is 2.73. The Labute approximate surface area is 140 Å². The monoisotopic (exact) mass is 356 g/mol. The molecule has 0 aromatic heterocycles. The largest absolute Gasteiger partial charge is 0.352 e. The van der Waals surface area contributed by atoms with E-state index in [1.54, 1.807) is 12.1 Å². The van der Waals surface area contributed by atoms with Crippen LogP contribution in [0.25, 0.3) is 0 Å². The number of amides is 2. The van der Waals surface area contributed by atoms with Gasteiger partial charge in [0.05, 0.1) is 11.5 Å². The maximum Gasteiger partial charge on any atom is 0.222 e. The molecule has 8 heteroatoms. The predicted molar refractivity (Wildman–Crippen MR) is 87.3 cm³/mol. The van der Waals surface area contributed by atoms with Crippen LogP contribution in [0.4, 0.5) is 4.39 Å². The fourth-order valence-corrected chi connectivity index (χ4v) is 4.46. The van der Waals surface area contributed by atoms with Gasteiger partial charge in [0.25, 0.3) is 0 Å². The van der Waals surface area contributed by atoms with Gasteiger partial charge in [0.15, 0.2) is 9.84 Å². The van der Waals surface area contributed by atoms with Crippen molar-refractivity contribution in [2.75, 3.05) is 18.1 Å². The first-order valence-electron chi connectivity index (χ1n) is 7.75. The zero-order valence-electron chi connectivity index (χ0n) is 13.5. The van der Waals surface area contributed by atoms with Crippen LogP contribution in [0.2, 0.25) is 0 Å². The first-order chi connectivity index (χ1) is 11.3. The van der Waals surface area contributed by atoms with Crippen LogP contribution in [-0.2, 0) is 26.0 Å². The van der Waals surface area contributed by atoms with Crippen LogP contribution in [0.3, 0.4) is 0 Å². The summed E-state index contributed by atoms with van der Waals surface area (Å²) in [7, 11) is -3.09. The summed E-state index contributed by atoms with van der Waals surface area (Å²) < 4.78 is 35.9. The number of hydrogen-bond donors (Lipinski definition) is 1. The summed E-state index contributed by atoms with van der Waals surface area (Å²) in [6, 6.07) is 5.46.